The molecule has 0 unspecified atom stereocenters. The van der Waals surface area contributed by atoms with Crippen molar-refractivity contribution in [2.75, 3.05) is 0 Å². The number of carbonyl (C=O) groups is 1. The molecule has 0 aromatic carbocycles. The minimum Gasteiger partial charge on any atom is -0.478 e. The number of carboxylic acid groups (broad SMARTS) is 1. The second-order valence-corrected chi connectivity index (χ2v) is 3.22. The Morgan fingerprint density at radius 1 is 1.25 bits per heavy atom. The van der Waals surface area contributed by atoms with Crippen molar-refractivity contribution >= 4 is 5.97 Å². The lowest BCUT2D eigenvalue weighted by molar-refractivity contribution is 0.0696. The summed E-state index contributed by atoms with van der Waals surface area (Å²) < 4.78 is 0. The second kappa shape index (κ2) is 4.06. The Morgan fingerprint density at radius 3 is 2.56 bits per heavy atom. The lowest BCUT2D eigenvalue weighted by Gasteiger charge is -2.06. The molecule has 0 fully saturated rings. The highest BCUT2D eigenvalue weighted by Gasteiger charge is 2.16. The molecule has 1 N–H and O–H groups in total. The second-order valence-electron chi connectivity index (χ2n) is 3.22. The van der Waals surface area contributed by atoms with Gasteiger partial charge in [0.1, 0.15) is 11.9 Å². The first kappa shape index (κ1) is 10.2. The zero-order valence-electron chi connectivity index (χ0n) is 8.58. The first-order chi connectivity index (χ1) is 7.70. The third-order valence-electron chi connectivity index (χ3n) is 2.20. The van der Waals surface area contributed by atoms with E-state index in [2.05, 4.69) is 15.0 Å². The van der Waals surface area contributed by atoms with Gasteiger partial charge in [-0.2, -0.15) is 0 Å². The summed E-state index contributed by atoms with van der Waals surface area (Å²) >= 11 is 0. The number of nitrogens with zero attached hydrogens (tertiary/aromatic N) is 3. The molecule has 0 aliphatic carbocycles. The molecule has 2 aromatic heterocycles. The molecular weight excluding hydrogens is 206 g/mol. The number of pyridine rings is 1. The van der Waals surface area contributed by atoms with E-state index in [4.69, 9.17) is 5.11 Å². The molecule has 0 aliphatic rings. The van der Waals surface area contributed by atoms with Crippen molar-refractivity contribution in [3.05, 3.63) is 42.1 Å². The number of carboxylic acids is 1. The van der Waals surface area contributed by atoms with Gasteiger partial charge in [-0.1, -0.05) is 0 Å². The Kier molecular flexibility index (Phi) is 2.59. The lowest BCUT2D eigenvalue weighted by atomic mass is 10.1. The van der Waals surface area contributed by atoms with E-state index in [0.29, 0.717) is 11.4 Å². The average molecular weight is 215 g/mol. The maximum Gasteiger partial charge on any atom is 0.339 e. The van der Waals surface area contributed by atoms with E-state index in [1.54, 1.807) is 31.5 Å². The molecule has 0 saturated carbocycles. The summed E-state index contributed by atoms with van der Waals surface area (Å²) in [6.45, 7) is 1.65. The Labute approximate surface area is 91.8 Å². The van der Waals surface area contributed by atoms with Crippen LogP contribution >= 0.6 is 0 Å². The van der Waals surface area contributed by atoms with Crippen LogP contribution in [-0.2, 0) is 0 Å². The number of hydrogen-bond acceptors (Lipinski definition) is 4. The minimum absolute atomic E-state index is 0.133. The molecule has 2 heterocycles. The number of aromatic nitrogens is 3. The highest BCUT2D eigenvalue weighted by Crippen LogP contribution is 2.21. The Balaban J connectivity index is 2.66. The molecule has 16 heavy (non-hydrogen) atoms. The number of hydrogen-bond donors (Lipinski definition) is 1. The van der Waals surface area contributed by atoms with E-state index < -0.39 is 5.97 Å². The number of aromatic carboxylic acids is 1. The normalized spacial score (nSPS) is 10.1. The van der Waals surface area contributed by atoms with Crippen LogP contribution in [0.3, 0.4) is 0 Å². The first-order valence-corrected chi connectivity index (χ1v) is 4.65. The average Bonchev–Trinajstić information content (AvgIpc) is 2.29. The van der Waals surface area contributed by atoms with Crippen molar-refractivity contribution in [1.29, 1.82) is 0 Å². The molecule has 5 heteroatoms. The molecular formula is C11H9N3O2. The molecule has 5 nitrogen and oxygen atoms in total. The maximum absolute atomic E-state index is 11.1. The van der Waals surface area contributed by atoms with Crippen LogP contribution in [0.4, 0.5) is 0 Å². The van der Waals surface area contributed by atoms with E-state index in [-0.39, 0.29) is 5.56 Å². The molecule has 0 spiro atoms. The smallest absolute Gasteiger partial charge is 0.339 e. The van der Waals surface area contributed by atoms with Crippen LogP contribution in [-0.4, -0.2) is 26.0 Å². The van der Waals surface area contributed by atoms with Gasteiger partial charge >= 0.3 is 5.97 Å². The summed E-state index contributed by atoms with van der Waals surface area (Å²) in [5, 5.41) is 9.11. The molecule has 0 amide bonds. The highest BCUT2D eigenvalue weighted by molar-refractivity contribution is 5.95. The van der Waals surface area contributed by atoms with Gasteiger partial charge in [0, 0.05) is 18.0 Å². The summed E-state index contributed by atoms with van der Waals surface area (Å²) in [5.41, 5.74) is 1.73. The molecule has 2 rings (SSSR count). The van der Waals surface area contributed by atoms with Crippen LogP contribution in [0.15, 0.2) is 30.9 Å². The Hall–Kier alpha value is -2.30. The van der Waals surface area contributed by atoms with Gasteiger partial charge < -0.3 is 5.11 Å². The molecule has 0 bridgehead atoms. The van der Waals surface area contributed by atoms with Crippen LogP contribution in [0.25, 0.3) is 11.3 Å². The van der Waals surface area contributed by atoms with Gasteiger partial charge in [0.15, 0.2) is 0 Å². The van der Waals surface area contributed by atoms with Crippen molar-refractivity contribution in [1.82, 2.24) is 15.0 Å². The standard InChI is InChI=1S/C11H9N3O2/c1-7-9(11(15)16)10(14-6-13-7)8-2-4-12-5-3-8/h2-6H,1H3,(H,15,16). The summed E-state index contributed by atoms with van der Waals surface area (Å²) in [7, 11) is 0. The van der Waals surface area contributed by atoms with Gasteiger partial charge in [0.05, 0.1) is 11.4 Å². The molecule has 0 radical (unpaired) electrons. The van der Waals surface area contributed by atoms with Crippen LogP contribution < -0.4 is 0 Å². The lowest BCUT2D eigenvalue weighted by Crippen LogP contribution is -2.06. The van der Waals surface area contributed by atoms with Crippen molar-refractivity contribution in [2.24, 2.45) is 0 Å². The van der Waals surface area contributed by atoms with Crippen molar-refractivity contribution in [3.8, 4) is 11.3 Å². The topological polar surface area (TPSA) is 76.0 Å². The van der Waals surface area contributed by atoms with Gasteiger partial charge in [0.2, 0.25) is 0 Å². The van der Waals surface area contributed by atoms with Gasteiger partial charge in [-0.15, -0.1) is 0 Å². The van der Waals surface area contributed by atoms with E-state index in [1.165, 1.54) is 6.33 Å². The maximum atomic E-state index is 11.1. The Bertz CT molecular complexity index is 526. The highest BCUT2D eigenvalue weighted by atomic mass is 16.4. The fourth-order valence-corrected chi connectivity index (χ4v) is 1.46. The zero-order chi connectivity index (χ0) is 11.5. The fourth-order valence-electron chi connectivity index (χ4n) is 1.46. The molecule has 80 valence electrons. The summed E-state index contributed by atoms with van der Waals surface area (Å²) in [5.74, 6) is -1.02. The van der Waals surface area contributed by atoms with E-state index in [9.17, 15) is 4.79 Å². The molecule has 0 saturated heterocycles. The number of rotatable bonds is 2. The van der Waals surface area contributed by atoms with Crippen LogP contribution in [0.5, 0.6) is 0 Å². The predicted octanol–water partition coefficient (Wildman–Crippen LogP) is 1.55. The van der Waals surface area contributed by atoms with Crippen LogP contribution in [0, 0.1) is 6.92 Å². The molecule has 0 atom stereocenters. The van der Waals surface area contributed by atoms with E-state index in [0.717, 1.165) is 5.56 Å². The van der Waals surface area contributed by atoms with Gasteiger partial charge in [-0.3, -0.25) is 4.98 Å². The quantitative estimate of drug-likeness (QED) is 0.822. The summed E-state index contributed by atoms with van der Waals surface area (Å²) in [6.07, 6.45) is 4.55. The van der Waals surface area contributed by atoms with Crippen LogP contribution in [0.2, 0.25) is 0 Å². The Morgan fingerprint density at radius 2 is 1.94 bits per heavy atom. The first-order valence-electron chi connectivity index (χ1n) is 4.65. The monoisotopic (exact) mass is 215 g/mol. The third kappa shape index (κ3) is 1.75. The predicted molar refractivity (Wildman–Crippen MR) is 57.0 cm³/mol. The zero-order valence-corrected chi connectivity index (χ0v) is 8.58. The van der Waals surface area contributed by atoms with Crippen molar-refractivity contribution in [2.45, 2.75) is 6.92 Å². The van der Waals surface area contributed by atoms with E-state index in [1.807, 2.05) is 0 Å². The SMILES string of the molecule is Cc1ncnc(-c2ccncc2)c1C(=O)O. The van der Waals surface area contributed by atoms with Gasteiger partial charge in [0.25, 0.3) is 0 Å². The summed E-state index contributed by atoms with van der Waals surface area (Å²) in [6, 6.07) is 3.43. The third-order valence-corrected chi connectivity index (χ3v) is 2.20. The number of aryl methyl sites for hydroxylation is 1. The van der Waals surface area contributed by atoms with Crippen LogP contribution in [0.1, 0.15) is 16.1 Å². The molecule has 0 aliphatic heterocycles. The minimum atomic E-state index is -1.02. The van der Waals surface area contributed by atoms with E-state index >= 15 is 0 Å². The van der Waals surface area contributed by atoms with Crippen molar-refractivity contribution < 1.29 is 9.90 Å². The molecule has 2 aromatic rings. The largest absolute Gasteiger partial charge is 0.478 e. The fraction of sp³-hybridized carbons (Fsp3) is 0.0909. The van der Waals surface area contributed by atoms with Crippen molar-refractivity contribution in [3.63, 3.8) is 0 Å². The van der Waals surface area contributed by atoms with Gasteiger partial charge in [-0.05, 0) is 19.1 Å². The van der Waals surface area contributed by atoms with Gasteiger partial charge in [-0.25, -0.2) is 14.8 Å². The summed E-state index contributed by atoms with van der Waals surface area (Å²) in [4.78, 5) is 22.9.